The van der Waals surface area contributed by atoms with Crippen LogP contribution in [-0.4, -0.2) is 29.8 Å². The van der Waals surface area contributed by atoms with Gasteiger partial charge in [-0.25, -0.2) is 10.2 Å². The summed E-state index contributed by atoms with van der Waals surface area (Å²) in [5, 5.41) is 4.95. The number of carbonyl (C=O) groups excluding carboxylic acids is 2. The number of hydrazone groups is 1. The summed E-state index contributed by atoms with van der Waals surface area (Å²) in [6.45, 7) is 3.94. The van der Waals surface area contributed by atoms with Gasteiger partial charge < -0.3 is 13.7 Å². The van der Waals surface area contributed by atoms with Crippen molar-refractivity contribution < 1.29 is 18.7 Å². The van der Waals surface area contributed by atoms with Crippen molar-refractivity contribution in [1.82, 2.24) is 9.99 Å². The van der Waals surface area contributed by atoms with Gasteiger partial charge in [0, 0.05) is 28.0 Å². The number of fused-ring (bicyclic) bond motifs is 1. The lowest BCUT2D eigenvalue weighted by Gasteiger charge is -2.10. The maximum atomic E-state index is 12.3. The second kappa shape index (κ2) is 8.31. The summed E-state index contributed by atoms with van der Waals surface area (Å²) >= 11 is 0. The van der Waals surface area contributed by atoms with Crippen molar-refractivity contribution in [2.75, 3.05) is 7.11 Å². The second-order valence-corrected chi connectivity index (χ2v) is 7.05. The third kappa shape index (κ3) is 3.98. The van der Waals surface area contributed by atoms with Crippen molar-refractivity contribution >= 4 is 29.1 Å². The first-order valence-electron chi connectivity index (χ1n) is 9.67. The van der Waals surface area contributed by atoms with E-state index in [1.165, 1.54) is 7.11 Å². The molecular formula is C24H21N3O4. The highest BCUT2D eigenvalue weighted by atomic mass is 16.5. The van der Waals surface area contributed by atoms with Crippen LogP contribution in [0.3, 0.4) is 0 Å². The van der Waals surface area contributed by atoms with Gasteiger partial charge in [0.05, 0.1) is 18.9 Å². The Morgan fingerprint density at radius 1 is 1.06 bits per heavy atom. The molecule has 0 aliphatic heterocycles. The number of furan rings is 1. The quantitative estimate of drug-likeness (QED) is 0.298. The average molecular weight is 415 g/mol. The summed E-state index contributed by atoms with van der Waals surface area (Å²) < 4.78 is 12.3. The number of esters is 1. The first-order chi connectivity index (χ1) is 15.0. The van der Waals surface area contributed by atoms with Gasteiger partial charge in [0.25, 0.3) is 0 Å². The lowest BCUT2D eigenvalue weighted by atomic mass is 10.2. The van der Waals surface area contributed by atoms with Crippen LogP contribution in [0.15, 0.2) is 70.2 Å². The number of hydrogen-bond donors (Lipinski definition) is 1. The molecule has 0 saturated carbocycles. The van der Waals surface area contributed by atoms with Gasteiger partial charge in [-0.3, -0.25) is 4.79 Å². The molecule has 1 amide bonds. The van der Waals surface area contributed by atoms with Gasteiger partial charge in [-0.15, -0.1) is 0 Å². The highest BCUT2D eigenvalue weighted by Crippen LogP contribution is 2.21. The molecule has 7 nitrogen and oxygen atoms in total. The Hall–Kier alpha value is -4.13. The highest BCUT2D eigenvalue weighted by Gasteiger charge is 2.13. The van der Waals surface area contributed by atoms with Crippen molar-refractivity contribution in [3.63, 3.8) is 0 Å². The third-order valence-corrected chi connectivity index (χ3v) is 5.04. The van der Waals surface area contributed by atoms with E-state index in [4.69, 9.17) is 9.15 Å². The van der Waals surface area contributed by atoms with Crippen LogP contribution in [0.25, 0.3) is 16.7 Å². The number of aromatic nitrogens is 1. The number of para-hydroxylation sites is 1. The van der Waals surface area contributed by atoms with Crippen LogP contribution < -0.4 is 5.43 Å². The van der Waals surface area contributed by atoms with Crippen molar-refractivity contribution in [1.29, 1.82) is 0 Å². The van der Waals surface area contributed by atoms with Gasteiger partial charge in [-0.1, -0.05) is 18.2 Å². The van der Waals surface area contributed by atoms with E-state index in [2.05, 4.69) is 10.5 Å². The Morgan fingerprint density at radius 3 is 2.52 bits per heavy atom. The number of benzene rings is 2. The Morgan fingerprint density at radius 2 is 1.81 bits per heavy atom. The van der Waals surface area contributed by atoms with Crippen LogP contribution in [0, 0.1) is 13.8 Å². The zero-order valence-corrected chi connectivity index (χ0v) is 17.4. The van der Waals surface area contributed by atoms with Crippen molar-refractivity contribution in [2.45, 2.75) is 13.8 Å². The first kappa shape index (κ1) is 20.2. The number of carbonyl (C=O) groups is 2. The van der Waals surface area contributed by atoms with Gasteiger partial charge >= 0.3 is 11.9 Å². The Bertz CT molecular complexity index is 1260. The minimum atomic E-state index is -0.417. The van der Waals surface area contributed by atoms with Crippen LogP contribution in [0.2, 0.25) is 0 Å². The number of methoxy groups -OCH3 is 1. The molecule has 156 valence electrons. The van der Waals surface area contributed by atoms with Gasteiger partial charge in [-0.05, 0) is 56.3 Å². The first-order valence-corrected chi connectivity index (χ1v) is 9.67. The molecule has 2 heterocycles. The molecule has 0 bridgehead atoms. The molecule has 0 atom stereocenters. The van der Waals surface area contributed by atoms with E-state index >= 15 is 0 Å². The summed E-state index contributed by atoms with van der Waals surface area (Å²) in [7, 11) is 1.36. The molecule has 0 fully saturated rings. The van der Waals surface area contributed by atoms with E-state index in [1.807, 2.05) is 60.9 Å². The smallest absolute Gasteiger partial charge is 0.337 e. The molecule has 4 aromatic rings. The van der Waals surface area contributed by atoms with Gasteiger partial charge in [0.1, 0.15) is 5.58 Å². The van der Waals surface area contributed by atoms with Gasteiger partial charge in [-0.2, -0.15) is 5.10 Å². The van der Waals surface area contributed by atoms with E-state index in [0.29, 0.717) is 11.1 Å². The van der Waals surface area contributed by atoms with Crippen molar-refractivity contribution in [3.05, 3.63) is 88.9 Å². The molecule has 7 heteroatoms. The highest BCUT2D eigenvalue weighted by molar-refractivity contribution is 5.96. The molecule has 0 radical (unpaired) electrons. The molecule has 0 aliphatic carbocycles. The SMILES string of the molecule is COC(=O)c1ccc(-n2c(C)cc(/C=N/NC(=O)c3cc4ccccc4o3)c2C)cc1. The van der Waals surface area contributed by atoms with Gasteiger partial charge in [0.2, 0.25) is 0 Å². The number of ether oxygens (including phenoxy) is 1. The molecule has 0 saturated heterocycles. The fraction of sp³-hybridized carbons (Fsp3) is 0.125. The summed E-state index contributed by atoms with van der Waals surface area (Å²) in [5.41, 5.74) is 7.36. The van der Waals surface area contributed by atoms with E-state index in [1.54, 1.807) is 24.4 Å². The van der Waals surface area contributed by atoms with Crippen molar-refractivity contribution in [2.24, 2.45) is 5.10 Å². The standard InChI is InChI=1S/C24H21N3O4/c1-15-12-19(16(2)27(15)20-10-8-17(9-11-20)24(29)30-3)14-25-26-23(28)22-13-18-6-4-5-7-21(18)31-22/h4-14H,1-3H3,(H,26,28)/b25-14+. The Balaban J connectivity index is 1.51. The average Bonchev–Trinajstić information content (AvgIpc) is 3.34. The third-order valence-electron chi connectivity index (χ3n) is 5.04. The monoisotopic (exact) mass is 415 g/mol. The molecule has 2 aromatic heterocycles. The lowest BCUT2D eigenvalue weighted by molar-refractivity contribution is 0.0600. The lowest BCUT2D eigenvalue weighted by Crippen LogP contribution is -2.16. The molecule has 4 rings (SSSR count). The number of hydrogen-bond acceptors (Lipinski definition) is 5. The van der Waals surface area contributed by atoms with Crippen LogP contribution in [0.5, 0.6) is 0 Å². The minimum Gasteiger partial charge on any atom is -0.465 e. The summed E-state index contributed by atoms with van der Waals surface area (Å²) in [6.07, 6.45) is 1.60. The molecular weight excluding hydrogens is 394 g/mol. The Labute approximate surface area is 178 Å². The van der Waals surface area contributed by atoms with E-state index in [9.17, 15) is 9.59 Å². The maximum absolute atomic E-state index is 12.3. The second-order valence-electron chi connectivity index (χ2n) is 7.05. The summed E-state index contributed by atoms with van der Waals surface area (Å²) in [5.74, 6) is -0.588. The number of amides is 1. The fourth-order valence-electron chi connectivity index (χ4n) is 3.49. The van der Waals surface area contributed by atoms with E-state index < -0.39 is 5.91 Å². The molecule has 0 spiro atoms. The van der Waals surface area contributed by atoms with Crippen LogP contribution in [-0.2, 0) is 4.74 Å². The number of aryl methyl sites for hydroxylation is 1. The zero-order valence-electron chi connectivity index (χ0n) is 17.4. The van der Waals surface area contributed by atoms with Crippen molar-refractivity contribution in [3.8, 4) is 5.69 Å². The predicted molar refractivity (Wildman–Crippen MR) is 118 cm³/mol. The molecule has 0 unspecified atom stereocenters. The van der Waals surface area contributed by atoms with E-state index in [0.717, 1.165) is 28.0 Å². The summed E-state index contributed by atoms with van der Waals surface area (Å²) in [6, 6.07) is 18.2. The van der Waals surface area contributed by atoms with Gasteiger partial charge in [0.15, 0.2) is 5.76 Å². The summed E-state index contributed by atoms with van der Waals surface area (Å²) in [4.78, 5) is 24.0. The zero-order chi connectivity index (χ0) is 22.0. The molecule has 2 aromatic carbocycles. The van der Waals surface area contributed by atoms with Crippen LogP contribution >= 0.6 is 0 Å². The maximum Gasteiger partial charge on any atom is 0.337 e. The molecule has 1 N–H and O–H groups in total. The van der Waals surface area contributed by atoms with Crippen LogP contribution in [0.4, 0.5) is 0 Å². The largest absolute Gasteiger partial charge is 0.465 e. The fourth-order valence-corrected chi connectivity index (χ4v) is 3.49. The number of nitrogens with zero attached hydrogens (tertiary/aromatic N) is 2. The number of rotatable bonds is 5. The molecule has 31 heavy (non-hydrogen) atoms. The normalized spacial score (nSPS) is 11.2. The Kier molecular flexibility index (Phi) is 5.41. The van der Waals surface area contributed by atoms with Crippen LogP contribution in [0.1, 0.15) is 37.9 Å². The molecule has 0 aliphatic rings. The number of nitrogens with one attached hydrogen (secondary N) is 1. The van der Waals surface area contributed by atoms with E-state index in [-0.39, 0.29) is 11.7 Å². The predicted octanol–water partition coefficient (Wildman–Crippen LogP) is 4.39. The minimum absolute atomic E-state index is 0.203. The topological polar surface area (TPSA) is 85.8 Å².